The Bertz CT molecular complexity index is 2480. The van der Waals surface area contributed by atoms with Crippen molar-refractivity contribution in [2.75, 3.05) is 0 Å². The summed E-state index contributed by atoms with van der Waals surface area (Å²) >= 11 is 0. The zero-order valence-electron chi connectivity index (χ0n) is 27.5. The first-order valence-corrected chi connectivity index (χ1v) is 19.1. The minimum absolute atomic E-state index is 0.978. The SMILES string of the molecule is c1ccc(-n2c3ccccc3c3cc(-c4cccc(-c5cc([Si](c6ccccc6)(c6ccccc6)c6ccccc6)ccn5)c4)ccc32)cc1. The number of hydrogen-bond donors (Lipinski definition) is 0. The maximum Gasteiger partial charge on any atom is 0.179 e. The number of hydrogen-bond acceptors (Lipinski definition) is 1. The molecule has 0 aliphatic heterocycles. The number of para-hydroxylation sites is 2. The van der Waals surface area contributed by atoms with Gasteiger partial charge in [-0.2, -0.15) is 0 Å². The molecule has 3 heteroatoms. The molecular formula is C47H34N2Si. The highest BCUT2D eigenvalue weighted by Crippen LogP contribution is 2.35. The van der Waals surface area contributed by atoms with E-state index in [9.17, 15) is 0 Å². The highest BCUT2D eigenvalue weighted by molar-refractivity contribution is 7.19. The minimum atomic E-state index is -2.67. The number of rotatable bonds is 7. The second-order valence-corrected chi connectivity index (χ2v) is 16.6. The standard InChI is InChI=1S/C47H34N2Si/c1-5-18-38(19-6-1)49-46-27-14-13-26-43(46)44-33-36(28-29-47(44)49)35-16-15-17-37(32-35)45-34-42(30-31-48-45)50(39-20-7-2-8-21-39,40-22-9-3-10-23-40)41-24-11-4-12-25-41/h1-34H. The lowest BCUT2D eigenvalue weighted by Gasteiger charge is -2.34. The molecule has 0 spiro atoms. The van der Waals surface area contributed by atoms with Gasteiger partial charge in [0.1, 0.15) is 0 Å². The van der Waals surface area contributed by atoms with Crippen LogP contribution in [0.5, 0.6) is 0 Å². The lowest BCUT2D eigenvalue weighted by atomic mass is 9.99. The molecule has 0 aliphatic rings. The van der Waals surface area contributed by atoms with Gasteiger partial charge >= 0.3 is 0 Å². The number of fused-ring (bicyclic) bond motifs is 3. The van der Waals surface area contributed by atoms with Crippen LogP contribution in [0.2, 0.25) is 0 Å². The van der Waals surface area contributed by atoms with Gasteiger partial charge in [0.15, 0.2) is 8.07 Å². The van der Waals surface area contributed by atoms with E-state index in [0.29, 0.717) is 0 Å². The molecule has 2 nitrogen and oxygen atoms in total. The van der Waals surface area contributed by atoms with Gasteiger partial charge in [0.2, 0.25) is 0 Å². The summed E-state index contributed by atoms with van der Waals surface area (Å²) in [6, 6.07) is 72.8. The van der Waals surface area contributed by atoms with Crippen LogP contribution in [0, 0.1) is 0 Å². The summed E-state index contributed by atoms with van der Waals surface area (Å²) in [7, 11) is -2.67. The Balaban J connectivity index is 1.19. The summed E-state index contributed by atoms with van der Waals surface area (Å²) in [5.74, 6) is 0. The predicted octanol–water partition coefficient (Wildman–Crippen LogP) is 8.89. The van der Waals surface area contributed by atoms with Crippen molar-refractivity contribution in [3.05, 3.63) is 206 Å². The average Bonchev–Trinajstić information content (AvgIpc) is 3.54. The zero-order valence-corrected chi connectivity index (χ0v) is 28.5. The van der Waals surface area contributed by atoms with E-state index >= 15 is 0 Å². The molecule has 50 heavy (non-hydrogen) atoms. The van der Waals surface area contributed by atoms with E-state index in [1.165, 1.54) is 59.4 Å². The van der Waals surface area contributed by atoms with E-state index in [2.05, 4.69) is 205 Å². The van der Waals surface area contributed by atoms with Crippen molar-refractivity contribution in [1.82, 2.24) is 9.55 Å². The maximum atomic E-state index is 4.99. The molecule has 7 aromatic carbocycles. The van der Waals surface area contributed by atoms with Crippen LogP contribution in [0.25, 0.3) is 49.9 Å². The second kappa shape index (κ2) is 12.6. The Morgan fingerprint density at radius 3 is 1.56 bits per heavy atom. The molecule has 2 aromatic heterocycles. The minimum Gasteiger partial charge on any atom is -0.309 e. The third-order valence-electron chi connectivity index (χ3n) is 9.99. The molecule has 0 saturated carbocycles. The second-order valence-electron chi connectivity index (χ2n) is 12.8. The quantitative estimate of drug-likeness (QED) is 0.124. The Labute approximate surface area is 293 Å². The van der Waals surface area contributed by atoms with Crippen LogP contribution in [0.4, 0.5) is 0 Å². The summed E-state index contributed by atoms with van der Waals surface area (Å²) < 4.78 is 2.36. The zero-order chi connectivity index (χ0) is 33.3. The van der Waals surface area contributed by atoms with Crippen LogP contribution in [0.15, 0.2) is 206 Å². The summed E-state index contributed by atoms with van der Waals surface area (Å²) in [5, 5.41) is 7.87. The van der Waals surface area contributed by atoms with Crippen molar-refractivity contribution in [2.45, 2.75) is 0 Å². The lowest BCUT2D eigenvalue weighted by molar-refractivity contribution is 1.18. The average molecular weight is 655 g/mol. The molecule has 0 unspecified atom stereocenters. The maximum absolute atomic E-state index is 4.99. The van der Waals surface area contributed by atoms with Crippen molar-refractivity contribution in [3.63, 3.8) is 0 Å². The topological polar surface area (TPSA) is 17.8 Å². The molecule has 9 aromatic rings. The smallest absolute Gasteiger partial charge is 0.179 e. The molecular weight excluding hydrogens is 621 g/mol. The van der Waals surface area contributed by atoms with E-state index in [-0.39, 0.29) is 0 Å². The van der Waals surface area contributed by atoms with E-state index < -0.39 is 8.07 Å². The van der Waals surface area contributed by atoms with Crippen molar-refractivity contribution in [3.8, 4) is 28.1 Å². The molecule has 236 valence electrons. The number of nitrogens with zero attached hydrogens (tertiary/aromatic N) is 2. The highest BCUT2D eigenvalue weighted by atomic mass is 28.3. The van der Waals surface area contributed by atoms with Gasteiger partial charge in [-0.1, -0.05) is 152 Å². The van der Waals surface area contributed by atoms with Gasteiger partial charge in [-0.25, -0.2) is 0 Å². The third kappa shape index (κ3) is 4.99. The Morgan fingerprint density at radius 2 is 0.900 bits per heavy atom. The monoisotopic (exact) mass is 654 g/mol. The largest absolute Gasteiger partial charge is 0.309 e. The Kier molecular flexibility index (Phi) is 7.53. The van der Waals surface area contributed by atoms with Gasteiger partial charge in [0.05, 0.1) is 16.7 Å². The molecule has 0 radical (unpaired) electrons. The molecule has 2 heterocycles. The third-order valence-corrected chi connectivity index (χ3v) is 14.8. The first kappa shape index (κ1) is 29.8. The summed E-state index contributed by atoms with van der Waals surface area (Å²) in [5.41, 5.74) is 8.03. The van der Waals surface area contributed by atoms with Gasteiger partial charge < -0.3 is 4.57 Å². The normalized spacial score (nSPS) is 11.6. The molecule has 0 atom stereocenters. The first-order chi connectivity index (χ1) is 24.8. The van der Waals surface area contributed by atoms with E-state index in [4.69, 9.17) is 4.98 Å². The van der Waals surface area contributed by atoms with Gasteiger partial charge in [0, 0.05) is 28.2 Å². The van der Waals surface area contributed by atoms with Gasteiger partial charge in [0.25, 0.3) is 0 Å². The molecule has 9 rings (SSSR count). The van der Waals surface area contributed by atoms with Gasteiger partial charge in [-0.15, -0.1) is 0 Å². The lowest BCUT2D eigenvalue weighted by Crippen LogP contribution is -2.74. The number of pyridine rings is 1. The van der Waals surface area contributed by atoms with Crippen LogP contribution in [0.1, 0.15) is 0 Å². The van der Waals surface area contributed by atoms with E-state index in [0.717, 1.165) is 11.3 Å². The highest BCUT2D eigenvalue weighted by Gasteiger charge is 2.41. The van der Waals surface area contributed by atoms with Crippen LogP contribution >= 0.6 is 0 Å². The Hall–Kier alpha value is -6.29. The van der Waals surface area contributed by atoms with Crippen LogP contribution < -0.4 is 20.7 Å². The summed E-state index contributed by atoms with van der Waals surface area (Å²) in [4.78, 5) is 4.99. The first-order valence-electron chi connectivity index (χ1n) is 17.1. The van der Waals surface area contributed by atoms with E-state index in [1.54, 1.807) is 0 Å². The number of aromatic nitrogens is 2. The summed E-state index contributed by atoms with van der Waals surface area (Å²) in [6.07, 6.45) is 2.00. The number of benzene rings is 7. The van der Waals surface area contributed by atoms with Crippen molar-refractivity contribution < 1.29 is 0 Å². The van der Waals surface area contributed by atoms with Crippen LogP contribution in [-0.4, -0.2) is 17.6 Å². The van der Waals surface area contributed by atoms with Crippen molar-refractivity contribution in [2.24, 2.45) is 0 Å². The fourth-order valence-electron chi connectivity index (χ4n) is 7.75. The van der Waals surface area contributed by atoms with Gasteiger partial charge in [-0.05, 0) is 80.4 Å². The molecule has 0 amide bonds. The summed E-state index contributed by atoms with van der Waals surface area (Å²) in [6.45, 7) is 0. The van der Waals surface area contributed by atoms with E-state index in [1.807, 2.05) is 6.20 Å². The molecule has 0 N–H and O–H groups in total. The molecule has 0 fully saturated rings. The Morgan fingerprint density at radius 1 is 0.360 bits per heavy atom. The van der Waals surface area contributed by atoms with Crippen molar-refractivity contribution in [1.29, 1.82) is 0 Å². The van der Waals surface area contributed by atoms with Gasteiger partial charge in [-0.3, -0.25) is 4.98 Å². The molecule has 0 aliphatic carbocycles. The fourth-order valence-corrected chi connectivity index (χ4v) is 12.5. The fraction of sp³-hybridized carbons (Fsp3) is 0. The predicted molar refractivity (Wildman–Crippen MR) is 213 cm³/mol. The molecule has 0 saturated heterocycles. The molecule has 0 bridgehead atoms. The van der Waals surface area contributed by atoms with Crippen LogP contribution in [-0.2, 0) is 0 Å². The van der Waals surface area contributed by atoms with Crippen LogP contribution in [0.3, 0.4) is 0 Å². The van der Waals surface area contributed by atoms with Crippen molar-refractivity contribution >= 4 is 50.6 Å².